The van der Waals surface area contributed by atoms with Crippen LogP contribution < -0.4 is 10.1 Å². The number of benzene rings is 2. The third-order valence-corrected chi connectivity index (χ3v) is 2.86. The molecule has 0 bridgehead atoms. The molecule has 0 aliphatic rings. The van der Waals surface area contributed by atoms with E-state index in [9.17, 15) is 14.3 Å². The highest BCUT2D eigenvalue weighted by molar-refractivity contribution is 6.31. The molecule has 0 aliphatic carbocycles. The second-order valence-electron chi connectivity index (χ2n) is 3.93. The van der Waals surface area contributed by atoms with Gasteiger partial charge in [-0.05, 0) is 30.3 Å². The van der Waals surface area contributed by atoms with Gasteiger partial charge in [0.1, 0.15) is 22.9 Å². The van der Waals surface area contributed by atoms with Crippen LogP contribution in [-0.4, -0.2) is 18.1 Å². The fourth-order valence-electron chi connectivity index (χ4n) is 1.70. The first kappa shape index (κ1) is 14.1. The molecule has 0 fully saturated rings. The van der Waals surface area contributed by atoms with Crippen LogP contribution in [0.5, 0.6) is 11.5 Å². The summed E-state index contributed by atoms with van der Waals surface area (Å²) in [6.45, 7) is 0. The molecule has 6 heteroatoms. The molecule has 2 N–H and O–H groups in total. The summed E-state index contributed by atoms with van der Waals surface area (Å²) < 4.78 is 18.7. The molecular weight excluding hydrogens is 285 g/mol. The van der Waals surface area contributed by atoms with Crippen LogP contribution in [0.15, 0.2) is 36.4 Å². The maximum absolute atomic E-state index is 13.6. The van der Waals surface area contributed by atoms with Crippen molar-refractivity contribution in [1.29, 1.82) is 0 Å². The summed E-state index contributed by atoms with van der Waals surface area (Å²) in [6.07, 6.45) is 0. The van der Waals surface area contributed by atoms with Gasteiger partial charge in [-0.3, -0.25) is 4.79 Å². The van der Waals surface area contributed by atoms with Gasteiger partial charge in [-0.2, -0.15) is 0 Å². The van der Waals surface area contributed by atoms with E-state index >= 15 is 0 Å². The highest BCUT2D eigenvalue weighted by atomic mass is 35.5. The molecule has 104 valence electrons. The number of nitrogens with one attached hydrogen (secondary N) is 1. The molecule has 0 aromatic heterocycles. The molecule has 0 heterocycles. The number of carbonyl (C=O) groups excluding carboxylic acids is 1. The molecule has 0 radical (unpaired) electrons. The van der Waals surface area contributed by atoms with E-state index in [-0.39, 0.29) is 5.69 Å². The maximum Gasteiger partial charge on any atom is 0.262 e. The number of rotatable bonds is 3. The molecule has 2 aromatic rings. The van der Waals surface area contributed by atoms with Gasteiger partial charge in [-0.25, -0.2) is 4.39 Å². The lowest BCUT2D eigenvalue weighted by atomic mass is 10.1. The molecule has 0 saturated heterocycles. The van der Waals surface area contributed by atoms with Gasteiger partial charge >= 0.3 is 0 Å². The fourth-order valence-corrected chi connectivity index (χ4v) is 1.87. The number of amides is 1. The van der Waals surface area contributed by atoms with Crippen LogP contribution in [0.2, 0.25) is 5.02 Å². The van der Waals surface area contributed by atoms with Crippen molar-refractivity contribution in [3.05, 3.63) is 52.8 Å². The predicted molar refractivity (Wildman–Crippen MR) is 74.0 cm³/mol. The molecule has 0 spiro atoms. The van der Waals surface area contributed by atoms with Crippen LogP contribution in [0.25, 0.3) is 0 Å². The average molecular weight is 296 g/mol. The molecule has 0 saturated carbocycles. The lowest BCUT2D eigenvalue weighted by Crippen LogP contribution is -2.14. The van der Waals surface area contributed by atoms with Gasteiger partial charge < -0.3 is 15.2 Å². The average Bonchev–Trinajstić information content (AvgIpc) is 2.38. The second kappa shape index (κ2) is 5.79. The van der Waals surface area contributed by atoms with Gasteiger partial charge in [-0.15, -0.1) is 0 Å². The normalized spacial score (nSPS) is 10.2. The van der Waals surface area contributed by atoms with E-state index in [0.717, 1.165) is 6.07 Å². The number of hydrogen-bond acceptors (Lipinski definition) is 3. The summed E-state index contributed by atoms with van der Waals surface area (Å²) in [7, 11) is 1.43. The van der Waals surface area contributed by atoms with Gasteiger partial charge in [0.25, 0.3) is 5.91 Å². The Balaban J connectivity index is 2.35. The zero-order valence-corrected chi connectivity index (χ0v) is 11.2. The highest BCUT2D eigenvalue weighted by Gasteiger charge is 2.18. The van der Waals surface area contributed by atoms with Crippen molar-refractivity contribution >= 4 is 23.2 Å². The lowest BCUT2D eigenvalue weighted by Gasteiger charge is -2.11. The van der Waals surface area contributed by atoms with Gasteiger partial charge in [0, 0.05) is 5.02 Å². The Morgan fingerprint density at radius 1 is 1.35 bits per heavy atom. The number of hydrogen-bond donors (Lipinski definition) is 2. The van der Waals surface area contributed by atoms with Crippen LogP contribution >= 0.6 is 11.6 Å². The molecule has 1 amide bonds. The van der Waals surface area contributed by atoms with E-state index in [1.165, 1.54) is 25.3 Å². The zero-order valence-electron chi connectivity index (χ0n) is 10.5. The number of ether oxygens (including phenoxy) is 1. The highest BCUT2D eigenvalue weighted by Crippen LogP contribution is 2.29. The third-order valence-electron chi connectivity index (χ3n) is 2.63. The summed E-state index contributed by atoms with van der Waals surface area (Å²) >= 11 is 5.84. The minimum absolute atomic E-state index is 0.285. The zero-order chi connectivity index (χ0) is 14.7. The quantitative estimate of drug-likeness (QED) is 0.912. The Morgan fingerprint density at radius 3 is 2.75 bits per heavy atom. The summed E-state index contributed by atoms with van der Waals surface area (Å²) in [4.78, 5) is 12.0. The van der Waals surface area contributed by atoms with Gasteiger partial charge in [0.05, 0.1) is 12.8 Å². The molecule has 4 nitrogen and oxygen atoms in total. The molecule has 2 rings (SSSR count). The van der Waals surface area contributed by atoms with Crippen molar-refractivity contribution in [2.45, 2.75) is 0 Å². The molecule has 2 aromatic carbocycles. The summed E-state index contributed by atoms with van der Waals surface area (Å²) in [6, 6.07) is 8.25. The van der Waals surface area contributed by atoms with Crippen molar-refractivity contribution in [3.8, 4) is 11.5 Å². The van der Waals surface area contributed by atoms with Crippen LogP contribution in [0.1, 0.15) is 10.4 Å². The number of anilines is 1. The van der Waals surface area contributed by atoms with E-state index in [4.69, 9.17) is 16.3 Å². The number of phenols is 1. The van der Waals surface area contributed by atoms with E-state index in [1.807, 2.05) is 0 Å². The number of carbonyl (C=O) groups is 1. The molecule has 0 unspecified atom stereocenters. The molecular formula is C14H11ClFNO3. The van der Waals surface area contributed by atoms with Crippen LogP contribution in [0.3, 0.4) is 0 Å². The first-order valence-corrected chi connectivity index (χ1v) is 6.03. The first-order chi connectivity index (χ1) is 9.52. The van der Waals surface area contributed by atoms with E-state index in [1.54, 1.807) is 12.1 Å². The van der Waals surface area contributed by atoms with Crippen LogP contribution in [-0.2, 0) is 0 Å². The van der Waals surface area contributed by atoms with Crippen molar-refractivity contribution in [2.75, 3.05) is 12.4 Å². The Kier molecular flexibility index (Phi) is 4.10. The Morgan fingerprint density at radius 2 is 2.10 bits per heavy atom. The number of aromatic hydroxyl groups is 1. The van der Waals surface area contributed by atoms with E-state index in [0.29, 0.717) is 10.8 Å². The molecule has 0 atom stereocenters. The van der Waals surface area contributed by atoms with Crippen LogP contribution in [0.4, 0.5) is 10.1 Å². The van der Waals surface area contributed by atoms with Gasteiger partial charge in [0.15, 0.2) is 0 Å². The standard InChI is InChI=1S/C14H11ClFNO3/c1-20-12-6-5-8(15)7-10(12)17-14(19)13-9(16)3-2-4-11(13)18/h2-7,18H,1H3,(H,17,19). The number of phenolic OH excluding ortho intramolecular Hbond substituents is 1. The maximum atomic E-state index is 13.6. The SMILES string of the molecule is COc1ccc(Cl)cc1NC(=O)c1c(O)cccc1F. The Hall–Kier alpha value is -2.27. The molecule has 0 aliphatic heterocycles. The fraction of sp³-hybridized carbons (Fsp3) is 0.0714. The smallest absolute Gasteiger partial charge is 0.262 e. The second-order valence-corrected chi connectivity index (χ2v) is 4.37. The summed E-state index contributed by atoms with van der Waals surface area (Å²) in [5.41, 5.74) is -0.151. The monoisotopic (exact) mass is 295 g/mol. The van der Waals surface area contributed by atoms with Crippen LogP contribution in [0, 0.1) is 5.82 Å². The van der Waals surface area contributed by atoms with Gasteiger partial charge in [-0.1, -0.05) is 17.7 Å². The Bertz CT molecular complexity index is 641. The first-order valence-electron chi connectivity index (χ1n) is 5.65. The predicted octanol–water partition coefficient (Wildman–Crippen LogP) is 3.45. The topological polar surface area (TPSA) is 58.6 Å². The third kappa shape index (κ3) is 2.83. The minimum Gasteiger partial charge on any atom is -0.507 e. The van der Waals surface area contributed by atoms with Crippen molar-refractivity contribution in [3.63, 3.8) is 0 Å². The lowest BCUT2D eigenvalue weighted by molar-refractivity contribution is 0.102. The van der Waals surface area contributed by atoms with Gasteiger partial charge in [0.2, 0.25) is 0 Å². The van der Waals surface area contributed by atoms with E-state index in [2.05, 4.69) is 5.32 Å². The van der Waals surface area contributed by atoms with Crippen molar-refractivity contribution in [2.24, 2.45) is 0 Å². The molecule has 20 heavy (non-hydrogen) atoms. The van der Waals surface area contributed by atoms with Crippen molar-refractivity contribution in [1.82, 2.24) is 0 Å². The number of halogens is 2. The largest absolute Gasteiger partial charge is 0.507 e. The summed E-state index contributed by atoms with van der Waals surface area (Å²) in [5, 5.41) is 12.4. The minimum atomic E-state index is -0.816. The Labute approximate surface area is 119 Å². The van der Waals surface area contributed by atoms with E-state index < -0.39 is 23.0 Å². The summed E-state index contributed by atoms with van der Waals surface area (Å²) in [5.74, 6) is -1.67. The van der Waals surface area contributed by atoms with Crippen molar-refractivity contribution < 1.29 is 19.0 Å². The number of methoxy groups -OCH3 is 1.